The molecule has 1 aliphatic carbocycles. The number of fused-ring (bicyclic) bond motifs is 3. The average Bonchev–Trinajstić information content (AvgIpc) is 3.27. The summed E-state index contributed by atoms with van der Waals surface area (Å²) in [6.45, 7) is 13.3. The number of ether oxygens (including phenoxy) is 5. The lowest BCUT2D eigenvalue weighted by molar-refractivity contribution is -0.170. The number of aliphatic hydroxyl groups is 2. The maximum absolute atomic E-state index is 14.3. The van der Waals surface area contributed by atoms with E-state index in [0.717, 1.165) is 12.0 Å². The number of nitrogens with zero attached hydrogens (tertiary/aromatic N) is 1. The molecule has 360 valence electrons. The summed E-state index contributed by atoms with van der Waals surface area (Å²) in [6.07, 6.45) is 12.1. The van der Waals surface area contributed by atoms with Crippen LogP contribution in [0.2, 0.25) is 0 Å². The first-order valence-corrected chi connectivity index (χ1v) is 23.8. The zero-order valence-electron chi connectivity index (χ0n) is 40.2. The number of esters is 1. The first kappa shape index (κ1) is 53.3. The first-order valence-electron chi connectivity index (χ1n) is 23.8. The van der Waals surface area contributed by atoms with Crippen LogP contribution in [0.4, 0.5) is 0 Å². The molecule has 64 heavy (non-hydrogen) atoms. The van der Waals surface area contributed by atoms with Gasteiger partial charge in [0.25, 0.3) is 5.91 Å². The highest BCUT2D eigenvalue weighted by Gasteiger charge is 2.44. The van der Waals surface area contributed by atoms with E-state index in [0.29, 0.717) is 69.8 Å². The van der Waals surface area contributed by atoms with Crippen LogP contribution in [0.5, 0.6) is 0 Å². The second kappa shape index (κ2) is 25.5. The van der Waals surface area contributed by atoms with E-state index < -0.39 is 66.1 Å². The number of carbonyl (C=O) groups is 5. The number of amides is 1. The Hall–Kier alpha value is -3.33. The maximum Gasteiger partial charge on any atom is 0.329 e. The van der Waals surface area contributed by atoms with E-state index in [1.807, 2.05) is 65.0 Å². The molecule has 13 heteroatoms. The number of allylic oxidation sites excluding steroid dienone is 6. The summed E-state index contributed by atoms with van der Waals surface area (Å²) >= 11 is 0. The van der Waals surface area contributed by atoms with E-state index in [4.69, 9.17) is 23.7 Å². The quantitative estimate of drug-likeness (QED) is 0.210. The Balaban J connectivity index is 1.68. The number of methoxy groups -OCH3 is 3. The second-order valence-electron chi connectivity index (χ2n) is 19.5. The molecule has 3 fully saturated rings. The van der Waals surface area contributed by atoms with E-state index >= 15 is 0 Å². The normalized spacial score (nSPS) is 37.1. The lowest BCUT2D eigenvalue weighted by Gasteiger charge is -2.39. The molecule has 13 nitrogen and oxygen atoms in total. The Morgan fingerprint density at radius 3 is 2.27 bits per heavy atom. The van der Waals surface area contributed by atoms with Gasteiger partial charge in [-0.05, 0) is 113 Å². The van der Waals surface area contributed by atoms with Gasteiger partial charge >= 0.3 is 5.97 Å². The number of hydrogen-bond donors (Lipinski definition) is 2. The molecule has 2 N–H and O–H groups in total. The number of hydrogen-bond acceptors (Lipinski definition) is 12. The highest BCUT2D eigenvalue weighted by molar-refractivity contribution is 6.38. The van der Waals surface area contributed by atoms with Gasteiger partial charge in [-0.2, -0.15) is 0 Å². The fourth-order valence-corrected chi connectivity index (χ4v) is 10.1. The van der Waals surface area contributed by atoms with Crippen LogP contribution in [0, 0.1) is 35.5 Å². The number of rotatable bonds is 6. The SMILES string of the molecule is COC1CC2CCC(C)C(O2)C(=O)C(=O)N2CCCCC2C(=O)OC(C(C)CC2CCC(O)C(OC)C2)CC(=O)C(C)=CC(C)C(O)C(OC)C(=O)C(C)CC(C)C=CC=CC=C1C. The Bertz CT molecular complexity index is 1700. The van der Waals surface area contributed by atoms with Crippen molar-refractivity contribution in [1.82, 2.24) is 4.90 Å². The molecular formula is C51H79NO12. The van der Waals surface area contributed by atoms with Crippen LogP contribution < -0.4 is 0 Å². The van der Waals surface area contributed by atoms with E-state index in [-0.39, 0.29) is 66.5 Å². The molecule has 0 spiro atoms. The molecule has 1 amide bonds. The van der Waals surface area contributed by atoms with Gasteiger partial charge in [-0.1, -0.05) is 71.1 Å². The van der Waals surface area contributed by atoms with Gasteiger partial charge in [0.05, 0.1) is 30.5 Å². The fraction of sp³-hybridized carbons (Fsp3) is 0.745. The topological polar surface area (TPSA) is 175 Å². The third-order valence-electron chi connectivity index (χ3n) is 14.3. The predicted octanol–water partition coefficient (Wildman–Crippen LogP) is 6.86. The van der Waals surface area contributed by atoms with Crippen LogP contribution in [-0.2, 0) is 47.7 Å². The van der Waals surface area contributed by atoms with Crippen LogP contribution in [0.1, 0.15) is 126 Å². The van der Waals surface area contributed by atoms with Crippen LogP contribution in [0.25, 0.3) is 0 Å². The molecule has 15 atom stereocenters. The van der Waals surface area contributed by atoms with Gasteiger partial charge in [0.1, 0.15) is 24.4 Å². The second-order valence-corrected chi connectivity index (χ2v) is 19.5. The maximum atomic E-state index is 14.3. The minimum atomic E-state index is -1.23. The standard InChI is InChI=1S/C51H79NO12/c1-30-16-12-11-13-17-31(2)42(60-8)28-38-21-19-32(3)48(63-38)47(57)50(58)52-23-15-14-18-39(52)51(59)64-43(34(5)26-37-20-22-40(53)44(27-37)61-9)29-41(54)33(4)25-36(7)46(56)49(62-10)45(55)35(6)24-30/h11-13,16-17,25,30,32,34-40,42-44,46,48-49,53,56H,14-15,18-24,26-29H2,1-10H3. The van der Waals surface area contributed by atoms with E-state index in [2.05, 4.69) is 0 Å². The zero-order chi connectivity index (χ0) is 47.2. The van der Waals surface area contributed by atoms with Crippen LogP contribution in [0.3, 0.4) is 0 Å². The number of piperidine rings is 1. The molecule has 0 aromatic heterocycles. The monoisotopic (exact) mass is 898 g/mol. The predicted molar refractivity (Wildman–Crippen MR) is 244 cm³/mol. The van der Waals surface area contributed by atoms with Gasteiger partial charge in [0.2, 0.25) is 5.78 Å². The van der Waals surface area contributed by atoms with Crippen molar-refractivity contribution in [2.24, 2.45) is 35.5 Å². The van der Waals surface area contributed by atoms with Crippen molar-refractivity contribution in [3.05, 3.63) is 47.6 Å². The molecule has 0 radical (unpaired) electrons. The Morgan fingerprint density at radius 2 is 1.58 bits per heavy atom. The highest BCUT2D eigenvalue weighted by atomic mass is 16.5. The number of Topliss-reactive ketones (excluding diaryl/α,β-unsaturated/α-hetero) is 3. The molecule has 15 unspecified atom stereocenters. The third-order valence-corrected chi connectivity index (χ3v) is 14.3. The Kier molecular flexibility index (Phi) is 21.3. The van der Waals surface area contributed by atoms with Crippen molar-refractivity contribution in [1.29, 1.82) is 0 Å². The van der Waals surface area contributed by atoms with Crippen LogP contribution in [0.15, 0.2) is 47.6 Å². The Morgan fingerprint density at radius 1 is 0.844 bits per heavy atom. The van der Waals surface area contributed by atoms with Crippen molar-refractivity contribution in [2.75, 3.05) is 27.9 Å². The van der Waals surface area contributed by atoms with Gasteiger partial charge in [0.15, 0.2) is 11.6 Å². The largest absolute Gasteiger partial charge is 0.460 e. The van der Waals surface area contributed by atoms with E-state index in [9.17, 15) is 34.2 Å². The van der Waals surface area contributed by atoms with Crippen molar-refractivity contribution in [3.8, 4) is 0 Å². The molecule has 2 bridgehead atoms. The van der Waals surface area contributed by atoms with Crippen molar-refractivity contribution >= 4 is 29.2 Å². The minimum Gasteiger partial charge on any atom is -0.460 e. The summed E-state index contributed by atoms with van der Waals surface area (Å²) in [5.74, 6) is -4.00. The van der Waals surface area contributed by atoms with Gasteiger partial charge in [-0.3, -0.25) is 19.2 Å². The number of aliphatic hydroxyl groups excluding tert-OH is 2. The summed E-state index contributed by atoms with van der Waals surface area (Å²) in [5, 5.41) is 21.9. The molecule has 0 aromatic rings. The molecular weight excluding hydrogens is 819 g/mol. The summed E-state index contributed by atoms with van der Waals surface area (Å²) in [6, 6.07) is -1.02. The fourth-order valence-electron chi connectivity index (χ4n) is 10.1. The summed E-state index contributed by atoms with van der Waals surface area (Å²) in [7, 11) is 4.61. The van der Waals surface area contributed by atoms with Gasteiger partial charge in [-0.15, -0.1) is 0 Å². The highest BCUT2D eigenvalue weighted by Crippen LogP contribution is 2.35. The summed E-state index contributed by atoms with van der Waals surface area (Å²) < 4.78 is 29.7. The molecule has 1 saturated carbocycles. The zero-order valence-corrected chi connectivity index (χ0v) is 40.2. The van der Waals surface area contributed by atoms with E-state index in [1.165, 1.54) is 12.0 Å². The lowest BCUT2D eigenvalue weighted by Crippen LogP contribution is -2.55. The van der Waals surface area contributed by atoms with Gasteiger partial charge in [0, 0.05) is 52.6 Å². The number of ketones is 3. The molecule has 0 aromatic carbocycles. The summed E-state index contributed by atoms with van der Waals surface area (Å²) in [4.78, 5) is 71.8. The first-order chi connectivity index (χ1) is 30.4. The van der Waals surface area contributed by atoms with Crippen molar-refractivity contribution < 1.29 is 57.9 Å². The average molecular weight is 898 g/mol. The Labute approximate surface area is 382 Å². The van der Waals surface area contributed by atoms with Gasteiger partial charge < -0.3 is 38.8 Å². The van der Waals surface area contributed by atoms with E-state index in [1.54, 1.807) is 34.1 Å². The molecule has 4 aliphatic rings. The smallest absolute Gasteiger partial charge is 0.329 e. The van der Waals surface area contributed by atoms with Gasteiger partial charge in [-0.25, -0.2) is 4.79 Å². The van der Waals surface area contributed by atoms with Crippen LogP contribution >= 0.6 is 0 Å². The van der Waals surface area contributed by atoms with Crippen molar-refractivity contribution in [2.45, 2.75) is 180 Å². The third kappa shape index (κ3) is 14.6. The minimum absolute atomic E-state index is 0.0490. The molecule has 2 saturated heterocycles. The molecule has 3 heterocycles. The van der Waals surface area contributed by atoms with Crippen molar-refractivity contribution in [3.63, 3.8) is 0 Å². The molecule has 4 rings (SSSR count). The molecule has 3 aliphatic heterocycles. The lowest BCUT2D eigenvalue weighted by atomic mass is 9.78. The number of carbonyl (C=O) groups excluding carboxylic acids is 5. The summed E-state index contributed by atoms with van der Waals surface area (Å²) in [5.41, 5.74) is 1.31. The number of cyclic esters (lactones) is 1. The van der Waals surface area contributed by atoms with Crippen LogP contribution in [-0.4, -0.2) is 127 Å².